The third kappa shape index (κ3) is 3.53. The van der Waals surface area contributed by atoms with Crippen LogP contribution in [-0.4, -0.2) is 38.6 Å². The molecule has 0 aliphatic carbocycles. The Kier molecular flexibility index (Phi) is 4.70. The summed E-state index contributed by atoms with van der Waals surface area (Å²) in [5.74, 6) is 0.693. The lowest BCUT2D eigenvalue weighted by Gasteiger charge is -2.28. The second-order valence-corrected chi connectivity index (χ2v) is 8.99. The number of fused-ring (bicyclic) bond motifs is 2. The van der Waals surface area contributed by atoms with Gasteiger partial charge in [0.05, 0.1) is 0 Å². The number of ether oxygens (including phenoxy) is 1. The minimum atomic E-state index is -0.494. The van der Waals surface area contributed by atoms with Gasteiger partial charge in [-0.2, -0.15) is 0 Å². The fraction of sp³-hybridized carbons (Fsp3) is 0.476. The zero-order chi connectivity index (χ0) is 20.1. The van der Waals surface area contributed by atoms with Gasteiger partial charge in [0.2, 0.25) is 0 Å². The Labute approximate surface area is 170 Å². The highest BCUT2D eigenvalue weighted by molar-refractivity contribution is 6.29. The molecule has 0 radical (unpaired) electrons. The lowest BCUT2D eigenvalue weighted by molar-refractivity contribution is 0.0213. The minimum absolute atomic E-state index is 0.140. The molecule has 3 unspecified atom stereocenters. The Bertz CT molecular complexity index is 894. The van der Waals surface area contributed by atoms with E-state index in [-0.39, 0.29) is 24.1 Å². The monoisotopic (exact) mass is 400 g/mol. The summed E-state index contributed by atoms with van der Waals surface area (Å²) in [6.07, 6.45) is 6.25. The molecule has 3 atom stereocenters. The molecule has 6 nitrogen and oxygen atoms in total. The van der Waals surface area contributed by atoms with Crippen molar-refractivity contribution in [3.05, 3.63) is 41.3 Å². The van der Waals surface area contributed by atoms with Gasteiger partial charge in [-0.3, -0.25) is 0 Å². The molecule has 2 aliphatic heterocycles. The van der Waals surface area contributed by atoms with Crippen LogP contribution in [0.3, 0.4) is 0 Å². The van der Waals surface area contributed by atoms with Crippen LogP contribution in [-0.2, 0) is 4.74 Å². The molecule has 28 heavy (non-hydrogen) atoms. The maximum atomic E-state index is 12.7. The largest absolute Gasteiger partial charge is 0.444 e. The van der Waals surface area contributed by atoms with Gasteiger partial charge in [0.1, 0.15) is 16.6 Å². The molecule has 2 aromatic heterocycles. The maximum Gasteiger partial charge on any atom is 0.410 e. The summed E-state index contributed by atoms with van der Waals surface area (Å²) in [5, 5.41) is 0.438. The summed E-state index contributed by atoms with van der Waals surface area (Å²) in [6, 6.07) is 6.07. The zero-order valence-corrected chi connectivity index (χ0v) is 17.1. The number of anilines is 1. The molecule has 2 aliphatic rings. The fourth-order valence-corrected chi connectivity index (χ4v) is 4.52. The van der Waals surface area contributed by atoms with Crippen molar-refractivity contribution in [1.82, 2.24) is 14.9 Å². The predicted molar refractivity (Wildman–Crippen MR) is 109 cm³/mol. The molecule has 148 valence electrons. The van der Waals surface area contributed by atoms with E-state index in [1.54, 1.807) is 12.3 Å². The Morgan fingerprint density at radius 3 is 2.71 bits per heavy atom. The molecule has 2 aromatic rings. The van der Waals surface area contributed by atoms with E-state index in [9.17, 15) is 4.79 Å². The van der Waals surface area contributed by atoms with Crippen molar-refractivity contribution in [2.45, 2.75) is 63.6 Å². The number of carbonyl (C=O) groups is 1. The number of nitrogens with two attached hydrogens (primary N) is 1. The van der Waals surface area contributed by atoms with E-state index in [0.717, 1.165) is 36.0 Å². The highest BCUT2D eigenvalue weighted by atomic mass is 35.5. The van der Waals surface area contributed by atoms with Crippen molar-refractivity contribution < 1.29 is 9.53 Å². The second-order valence-electron chi connectivity index (χ2n) is 8.60. The average Bonchev–Trinajstić information content (AvgIpc) is 3.20. The van der Waals surface area contributed by atoms with E-state index >= 15 is 0 Å². The van der Waals surface area contributed by atoms with E-state index in [1.807, 2.05) is 37.9 Å². The van der Waals surface area contributed by atoms with Crippen molar-refractivity contribution in [3.63, 3.8) is 0 Å². The number of nitrogen functional groups attached to an aromatic ring is 1. The Morgan fingerprint density at radius 1 is 1.25 bits per heavy atom. The normalized spacial score (nSPS) is 23.9. The van der Waals surface area contributed by atoms with E-state index < -0.39 is 5.60 Å². The first kappa shape index (κ1) is 19.0. The smallest absolute Gasteiger partial charge is 0.410 e. The highest BCUT2D eigenvalue weighted by Gasteiger charge is 2.50. The summed E-state index contributed by atoms with van der Waals surface area (Å²) < 4.78 is 5.64. The molecule has 2 bridgehead atoms. The molecule has 7 heteroatoms. The van der Waals surface area contributed by atoms with Crippen molar-refractivity contribution in [2.24, 2.45) is 0 Å². The molecule has 4 rings (SSSR count). The standard InChI is InChI=1S/C21H25ClN4O2/c1-21(2,3)28-20(27)26-14-5-6-17(26)15(9-14)13-8-16(19(23)25-11-13)12-4-7-18(22)24-10-12/h4,7-8,10-11,14-15,17H,5-6,9H2,1-3H3,(H2,23,25). The van der Waals surface area contributed by atoms with Crippen LogP contribution in [0.5, 0.6) is 0 Å². The van der Waals surface area contributed by atoms with E-state index in [4.69, 9.17) is 22.1 Å². The molecule has 1 amide bonds. The quantitative estimate of drug-likeness (QED) is 0.743. The van der Waals surface area contributed by atoms with E-state index in [2.05, 4.69) is 16.0 Å². The van der Waals surface area contributed by atoms with E-state index in [1.165, 1.54) is 0 Å². The van der Waals surface area contributed by atoms with Crippen LogP contribution >= 0.6 is 11.6 Å². The fourth-order valence-electron chi connectivity index (χ4n) is 4.41. The van der Waals surface area contributed by atoms with Crippen molar-refractivity contribution >= 4 is 23.5 Å². The summed E-state index contributed by atoms with van der Waals surface area (Å²) in [6.45, 7) is 5.70. The summed E-state index contributed by atoms with van der Waals surface area (Å²) in [4.78, 5) is 23.2. The van der Waals surface area contributed by atoms with Crippen molar-refractivity contribution in [2.75, 3.05) is 5.73 Å². The van der Waals surface area contributed by atoms with Crippen LogP contribution in [0, 0.1) is 0 Å². The average molecular weight is 401 g/mol. The predicted octanol–water partition coefficient (Wildman–Crippen LogP) is 4.63. The van der Waals surface area contributed by atoms with Gasteiger partial charge in [0.15, 0.2) is 0 Å². The van der Waals surface area contributed by atoms with Crippen LogP contribution in [0.15, 0.2) is 30.6 Å². The van der Waals surface area contributed by atoms with Crippen LogP contribution in [0.1, 0.15) is 51.5 Å². The number of aromatic nitrogens is 2. The molecule has 0 aromatic carbocycles. The number of rotatable bonds is 2. The van der Waals surface area contributed by atoms with Crippen molar-refractivity contribution in [1.29, 1.82) is 0 Å². The summed E-state index contributed by atoms with van der Waals surface area (Å²) >= 11 is 5.90. The number of hydrogen-bond donors (Lipinski definition) is 1. The Balaban J connectivity index is 1.61. The number of halogens is 1. The van der Waals surface area contributed by atoms with E-state index in [0.29, 0.717) is 11.0 Å². The second kappa shape index (κ2) is 6.92. The molecule has 4 heterocycles. The van der Waals surface area contributed by atoms with Crippen LogP contribution in [0.25, 0.3) is 11.1 Å². The minimum Gasteiger partial charge on any atom is -0.444 e. The lowest BCUT2D eigenvalue weighted by Crippen LogP contribution is -2.40. The number of pyridine rings is 2. The maximum absolute atomic E-state index is 12.7. The lowest BCUT2D eigenvalue weighted by atomic mass is 9.84. The van der Waals surface area contributed by atoms with Gasteiger partial charge in [-0.25, -0.2) is 14.8 Å². The third-order valence-electron chi connectivity index (χ3n) is 5.55. The molecule has 2 N–H and O–H groups in total. The number of hydrogen-bond acceptors (Lipinski definition) is 5. The highest BCUT2D eigenvalue weighted by Crippen LogP contribution is 2.47. The third-order valence-corrected chi connectivity index (χ3v) is 5.77. The Hall–Kier alpha value is -2.34. The molecular formula is C21H25ClN4O2. The topological polar surface area (TPSA) is 81.3 Å². The van der Waals surface area contributed by atoms with Crippen LogP contribution in [0.2, 0.25) is 5.15 Å². The number of nitrogens with zero attached hydrogens (tertiary/aromatic N) is 3. The van der Waals surface area contributed by atoms with Gasteiger partial charge >= 0.3 is 6.09 Å². The van der Waals surface area contributed by atoms with Gasteiger partial charge in [-0.1, -0.05) is 11.6 Å². The first-order valence-corrected chi connectivity index (χ1v) is 9.99. The first-order valence-electron chi connectivity index (χ1n) is 9.61. The Morgan fingerprint density at radius 2 is 2.04 bits per heavy atom. The molecule has 0 spiro atoms. The van der Waals surface area contributed by atoms with Crippen LogP contribution in [0.4, 0.5) is 10.6 Å². The van der Waals surface area contributed by atoms with Crippen molar-refractivity contribution in [3.8, 4) is 11.1 Å². The number of amides is 1. The zero-order valence-electron chi connectivity index (χ0n) is 16.4. The van der Waals surface area contributed by atoms with Crippen LogP contribution < -0.4 is 5.73 Å². The van der Waals surface area contributed by atoms with Gasteiger partial charge in [0.25, 0.3) is 0 Å². The van der Waals surface area contributed by atoms with Gasteiger partial charge in [-0.05, 0) is 63.8 Å². The molecule has 2 saturated heterocycles. The first-order chi connectivity index (χ1) is 13.2. The molecular weight excluding hydrogens is 376 g/mol. The number of carbonyl (C=O) groups excluding carboxylic acids is 1. The van der Waals surface area contributed by atoms with Gasteiger partial charge < -0.3 is 15.4 Å². The van der Waals surface area contributed by atoms with Gasteiger partial charge in [0, 0.05) is 41.5 Å². The summed E-state index contributed by atoms with van der Waals surface area (Å²) in [7, 11) is 0. The SMILES string of the molecule is CC(C)(C)OC(=O)N1C2CCC1C(c1cnc(N)c(-c3ccc(Cl)nc3)c1)C2. The van der Waals surface area contributed by atoms with Gasteiger partial charge in [-0.15, -0.1) is 0 Å². The molecule has 2 fully saturated rings. The molecule has 0 saturated carbocycles. The summed E-state index contributed by atoms with van der Waals surface area (Å²) in [5.41, 5.74) is 8.44.